The molecule has 0 amide bonds. The second-order valence-electron chi connectivity index (χ2n) is 7.41. The monoisotopic (exact) mass is 388 g/mol. The lowest BCUT2D eigenvalue weighted by Crippen LogP contribution is -2.11. The number of aliphatic hydroxyl groups is 1. The highest BCUT2D eigenvalue weighted by atomic mass is 32.1. The third-order valence-electron chi connectivity index (χ3n) is 5.40. The van der Waals surface area contributed by atoms with Gasteiger partial charge in [0.1, 0.15) is 5.76 Å². The molecule has 5 rings (SSSR count). The number of carbonyl (C=O) groups excluding carboxylic acids is 1. The molecule has 140 valence electrons. The number of allylic oxidation sites excluding steroid dienone is 2. The third kappa shape index (κ3) is 2.58. The minimum Gasteiger partial charge on any atom is -0.512 e. The van der Waals surface area contributed by atoms with Crippen molar-refractivity contribution >= 4 is 43.8 Å². The normalized spacial score (nSPS) is 15.1. The van der Waals surface area contributed by atoms with Crippen LogP contribution in [0, 0.1) is 13.8 Å². The number of thiazole rings is 1. The topological polar surface area (TPSA) is 66.0 Å². The van der Waals surface area contributed by atoms with Crippen LogP contribution in [-0.2, 0) is 4.79 Å². The van der Waals surface area contributed by atoms with E-state index in [9.17, 15) is 9.90 Å². The Morgan fingerprint density at radius 1 is 1.07 bits per heavy atom. The van der Waals surface area contributed by atoms with Crippen LogP contribution in [0.1, 0.15) is 35.4 Å². The lowest BCUT2D eigenvalue weighted by atomic mass is 9.87. The quantitative estimate of drug-likeness (QED) is 0.437. The molecule has 0 saturated carbocycles. The molecule has 0 unspecified atom stereocenters. The molecule has 4 aromatic rings. The number of nitrogens with zero attached hydrogens (tertiary/aromatic N) is 1. The Morgan fingerprint density at radius 3 is 2.61 bits per heavy atom. The van der Waals surface area contributed by atoms with Crippen LogP contribution in [-0.4, -0.2) is 20.9 Å². The lowest BCUT2D eigenvalue weighted by molar-refractivity contribution is -0.114. The molecule has 28 heavy (non-hydrogen) atoms. The first-order valence-electron chi connectivity index (χ1n) is 9.47. The van der Waals surface area contributed by atoms with Gasteiger partial charge in [-0.1, -0.05) is 29.8 Å². The summed E-state index contributed by atoms with van der Waals surface area (Å²) in [5.41, 5.74) is 6.10. The van der Waals surface area contributed by atoms with Gasteiger partial charge >= 0.3 is 0 Å². The summed E-state index contributed by atoms with van der Waals surface area (Å²) in [4.78, 5) is 21.1. The predicted molar refractivity (Wildman–Crippen MR) is 115 cm³/mol. The maximum absolute atomic E-state index is 12.9. The number of benzene rings is 2. The molecule has 2 N–H and O–H groups in total. The molecule has 0 spiro atoms. The van der Waals surface area contributed by atoms with E-state index >= 15 is 0 Å². The van der Waals surface area contributed by atoms with Crippen molar-refractivity contribution in [3.05, 3.63) is 58.3 Å². The number of rotatable bonds is 2. The second kappa shape index (κ2) is 6.31. The van der Waals surface area contributed by atoms with Gasteiger partial charge in [-0.25, -0.2) is 4.98 Å². The first-order chi connectivity index (χ1) is 13.5. The van der Waals surface area contributed by atoms with Crippen LogP contribution in [0.5, 0.6) is 0 Å². The summed E-state index contributed by atoms with van der Waals surface area (Å²) in [6, 6.07) is 12.3. The molecule has 0 fully saturated rings. The first kappa shape index (κ1) is 17.2. The van der Waals surface area contributed by atoms with Crippen molar-refractivity contribution in [2.75, 3.05) is 0 Å². The highest BCUT2D eigenvalue weighted by Crippen LogP contribution is 2.43. The van der Waals surface area contributed by atoms with Gasteiger partial charge in [0.15, 0.2) is 5.78 Å². The van der Waals surface area contributed by atoms with E-state index in [1.54, 1.807) is 11.3 Å². The number of nitrogens with one attached hydrogen (secondary N) is 1. The molecule has 0 radical (unpaired) electrons. The Morgan fingerprint density at radius 2 is 1.86 bits per heavy atom. The summed E-state index contributed by atoms with van der Waals surface area (Å²) in [5, 5.41) is 12.6. The van der Waals surface area contributed by atoms with E-state index in [2.05, 4.69) is 42.2 Å². The van der Waals surface area contributed by atoms with Crippen molar-refractivity contribution in [1.82, 2.24) is 9.97 Å². The van der Waals surface area contributed by atoms with Crippen LogP contribution < -0.4 is 0 Å². The van der Waals surface area contributed by atoms with Crippen molar-refractivity contribution in [2.24, 2.45) is 0 Å². The van der Waals surface area contributed by atoms with E-state index in [0.29, 0.717) is 24.8 Å². The van der Waals surface area contributed by atoms with Crippen LogP contribution in [0.25, 0.3) is 38.0 Å². The third-order valence-corrected chi connectivity index (χ3v) is 6.34. The predicted octanol–water partition coefficient (Wildman–Crippen LogP) is 6.08. The number of aromatic nitrogens is 2. The highest BCUT2D eigenvalue weighted by Gasteiger charge is 2.29. The van der Waals surface area contributed by atoms with Gasteiger partial charge in [-0.2, -0.15) is 0 Å². The Labute approximate surface area is 166 Å². The summed E-state index contributed by atoms with van der Waals surface area (Å²) in [6.07, 6.45) is 1.69. The molecular formula is C23H20N2O2S. The van der Waals surface area contributed by atoms with Gasteiger partial charge in [-0.05, 0) is 38.0 Å². The maximum atomic E-state index is 12.9. The van der Waals surface area contributed by atoms with Crippen molar-refractivity contribution in [1.29, 1.82) is 0 Å². The standard InChI is InChI=1S/C23H20N2O2S/c1-12-6-8-14(9-7-12)22-21(20-16(26)4-3-5-17(20)27)19-15(25-22)10-11-18-23(19)24-13(2)28-18/h6-11,25-26H,3-5H2,1-2H3. The van der Waals surface area contributed by atoms with E-state index in [-0.39, 0.29) is 11.5 Å². The summed E-state index contributed by atoms with van der Waals surface area (Å²) < 4.78 is 1.09. The molecule has 4 nitrogen and oxygen atoms in total. The molecule has 0 atom stereocenters. The fourth-order valence-corrected chi connectivity index (χ4v) is 4.92. The number of hydrogen-bond acceptors (Lipinski definition) is 4. The molecule has 1 aliphatic rings. The largest absolute Gasteiger partial charge is 0.512 e. The molecule has 2 aromatic heterocycles. The van der Waals surface area contributed by atoms with E-state index < -0.39 is 0 Å². The Kier molecular flexibility index (Phi) is 3.88. The fraction of sp³-hybridized carbons (Fsp3) is 0.217. The number of hydrogen-bond donors (Lipinski definition) is 2. The van der Waals surface area contributed by atoms with E-state index in [1.165, 1.54) is 5.56 Å². The van der Waals surface area contributed by atoms with E-state index in [0.717, 1.165) is 42.9 Å². The van der Waals surface area contributed by atoms with Gasteiger partial charge in [0.05, 0.1) is 26.5 Å². The van der Waals surface area contributed by atoms with Gasteiger partial charge in [-0.3, -0.25) is 4.79 Å². The van der Waals surface area contributed by atoms with Crippen LogP contribution in [0.2, 0.25) is 0 Å². The zero-order valence-electron chi connectivity index (χ0n) is 15.8. The molecular weight excluding hydrogens is 368 g/mol. The SMILES string of the molecule is Cc1ccc(-c2[nH]c3ccc4sc(C)nc4c3c2C2=C(O)CCCC2=O)cc1. The molecule has 5 heteroatoms. The van der Waals surface area contributed by atoms with Crippen molar-refractivity contribution < 1.29 is 9.90 Å². The van der Waals surface area contributed by atoms with Crippen molar-refractivity contribution in [3.8, 4) is 11.3 Å². The Bertz CT molecular complexity index is 1280. The molecule has 0 saturated heterocycles. The zero-order valence-corrected chi connectivity index (χ0v) is 16.6. The van der Waals surface area contributed by atoms with E-state index in [1.807, 2.05) is 13.0 Å². The number of aryl methyl sites for hydroxylation is 2. The number of carbonyl (C=O) groups is 1. The van der Waals surface area contributed by atoms with Crippen LogP contribution in [0.15, 0.2) is 42.2 Å². The maximum Gasteiger partial charge on any atom is 0.166 e. The van der Waals surface area contributed by atoms with Gasteiger partial charge in [0.2, 0.25) is 0 Å². The van der Waals surface area contributed by atoms with Crippen LogP contribution in [0.4, 0.5) is 0 Å². The number of H-pyrrole nitrogens is 1. The number of ketones is 1. The van der Waals surface area contributed by atoms with E-state index in [4.69, 9.17) is 4.98 Å². The molecule has 0 bridgehead atoms. The first-order valence-corrected chi connectivity index (χ1v) is 10.3. The van der Waals surface area contributed by atoms with Crippen molar-refractivity contribution in [3.63, 3.8) is 0 Å². The van der Waals surface area contributed by atoms with Gasteiger partial charge < -0.3 is 10.1 Å². The van der Waals surface area contributed by atoms with Crippen LogP contribution >= 0.6 is 11.3 Å². The van der Waals surface area contributed by atoms with Gasteiger partial charge in [0, 0.05) is 29.3 Å². The number of Topliss-reactive ketones (excluding diaryl/α,β-unsaturated/α-hetero) is 1. The molecule has 2 aromatic carbocycles. The second-order valence-corrected chi connectivity index (χ2v) is 8.64. The van der Waals surface area contributed by atoms with Crippen molar-refractivity contribution in [2.45, 2.75) is 33.1 Å². The fourth-order valence-electron chi connectivity index (χ4n) is 4.08. The number of aromatic amines is 1. The van der Waals surface area contributed by atoms with Gasteiger partial charge in [0.25, 0.3) is 0 Å². The van der Waals surface area contributed by atoms with Crippen LogP contribution in [0.3, 0.4) is 0 Å². The number of fused-ring (bicyclic) bond motifs is 3. The summed E-state index contributed by atoms with van der Waals surface area (Å²) in [7, 11) is 0. The Balaban J connectivity index is 1.93. The smallest absolute Gasteiger partial charge is 0.166 e. The molecule has 2 heterocycles. The lowest BCUT2D eigenvalue weighted by Gasteiger charge is -2.16. The average Bonchev–Trinajstić information content (AvgIpc) is 3.22. The molecule has 0 aliphatic heterocycles. The Hall–Kier alpha value is -2.92. The average molecular weight is 388 g/mol. The zero-order chi connectivity index (χ0) is 19.4. The minimum absolute atomic E-state index is 0.00182. The van der Waals surface area contributed by atoms with Gasteiger partial charge in [-0.15, -0.1) is 11.3 Å². The molecule has 1 aliphatic carbocycles. The summed E-state index contributed by atoms with van der Waals surface area (Å²) >= 11 is 1.64. The summed E-state index contributed by atoms with van der Waals surface area (Å²) in [6.45, 7) is 4.04. The minimum atomic E-state index is 0.00182. The number of aliphatic hydroxyl groups excluding tert-OH is 1. The summed E-state index contributed by atoms with van der Waals surface area (Å²) in [5.74, 6) is 0.191. The highest BCUT2D eigenvalue weighted by molar-refractivity contribution is 7.18.